The summed E-state index contributed by atoms with van der Waals surface area (Å²) >= 11 is 0. The molecule has 0 fully saturated rings. The number of rotatable bonds is 0. The average Bonchev–Trinajstić information content (AvgIpc) is 2.02. The van der Waals surface area contributed by atoms with Gasteiger partial charge >= 0.3 is 0 Å². The van der Waals surface area contributed by atoms with Gasteiger partial charge < -0.3 is 4.74 Å². The Morgan fingerprint density at radius 2 is 2.40 bits per heavy atom. The van der Waals surface area contributed by atoms with Gasteiger partial charge in [-0.05, 0) is 6.08 Å². The van der Waals surface area contributed by atoms with Crippen molar-refractivity contribution in [3.63, 3.8) is 0 Å². The van der Waals surface area contributed by atoms with Crippen molar-refractivity contribution in [1.82, 2.24) is 0 Å². The van der Waals surface area contributed by atoms with Crippen LogP contribution in [-0.2, 0) is 4.74 Å². The number of hydrogen-bond acceptors (Lipinski definition) is 2. The summed E-state index contributed by atoms with van der Waals surface area (Å²) in [5.41, 5.74) is 0. The van der Waals surface area contributed by atoms with E-state index in [0.717, 1.165) is 0 Å². The Morgan fingerprint density at radius 1 is 1.50 bits per heavy atom. The molecule has 0 radical (unpaired) electrons. The minimum atomic E-state index is 0.607. The summed E-state index contributed by atoms with van der Waals surface area (Å²) in [4.78, 5) is 3.91. The van der Waals surface area contributed by atoms with Gasteiger partial charge in [0.1, 0.15) is 5.76 Å². The Morgan fingerprint density at radius 3 is 3.30 bits per heavy atom. The molecule has 0 atom stereocenters. The largest absolute Gasteiger partial charge is 0.447 e. The summed E-state index contributed by atoms with van der Waals surface area (Å²) in [5.74, 6) is 0.607. The first kappa shape index (κ1) is 6.81. The average molecular weight is 135 g/mol. The van der Waals surface area contributed by atoms with Crippen molar-refractivity contribution in [3.8, 4) is 0 Å². The van der Waals surface area contributed by atoms with E-state index in [9.17, 15) is 0 Å². The minimum Gasteiger partial charge on any atom is -0.447 e. The summed E-state index contributed by atoms with van der Waals surface area (Å²) < 4.78 is 4.95. The van der Waals surface area contributed by atoms with Crippen molar-refractivity contribution in [2.75, 3.05) is 6.54 Å². The molecular formula is C8H9NO. The number of aliphatic imine (C=N–C) groups is 1. The van der Waals surface area contributed by atoms with Crippen molar-refractivity contribution in [2.24, 2.45) is 4.99 Å². The smallest absolute Gasteiger partial charge is 0.176 e. The maximum Gasteiger partial charge on any atom is 0.176 e. The van der Waals surface area contributed by atoms with E-state index in [0.29, 0.717) is 12.3 Å². The Labute approximate surface area is 60.2 Å². The van der Waals surface area contributed by atoms with Crippen LogP contribution in [0, 0.1) is 0 Å². The van der Waals surface area contributed by atoms with E-state index < -0.39 is 0 Å². The highest BCUT2D eigenvalue weighted by Crippen LogP contribution is 1.95. The highest BCUT2D eigenvalue weighted by atomic mass is 16.5. The van der Waals surface area contributed by atoms with Gasteiger partial charge in [0.2, 0.25) is 0 Å². The number of hydrogen-bond donors (Lipinski definition) is 0. The molecule has 2 heteroatoms. The molecule has 0 aliphatic carbocycles. The second-order valence-electron chi connectivity index (χ2n) is 1.84. The maximum atomic E-state index is 4.95. The van der Waals surface area contributed by atoms with E-state index in [1.807, 2.05) is 18.2 Å². The van der Waals surface area contributed by atoms with Crippen LogP contribution in [0.4, 0.5) is 0 Å². The van der Waals surface area contributed by atoms with E-state index >= 15 is 0 Å². The lowest BCUT2D eigenvalue weighted by Gasteiger charge is -1.93. The van der Waals surface area contributed by atoms with Crippen LogP contribution >= 0.6 is 0 Å². The summed E-state index contributed by atoms with van der Waals surface area (Å²) in [6.45, 7) is 4.29. The normalized spacial score (nSPS) is 27.0. The monoisotopic (exact) mass is 135 g/mol. The predicted molar refractivity (Wildman–Crippen MR) is 41.9 cm³/mol. The molecule has 1 aliphatic heterocycles. The maximum absolute atomic E-state index is 4.95. The minimum absolute atomic E-state index is 0.607. The Hall–Kier alpha value is -1.31. The predicted octanol–water partition coefficient (Wildman–Crippen LogP) is 1.67. The van der Waals surface area contributed by atoms with Crippen LogP contribution in [0.5, 0.6) is 0 Å². The fourth-order valence-electron chi connectivity index (χ4n) is 0.550. The first-order valence-corrected chi connectivity index (χ1v) is 3.06. The van der Waals surface area contributed by atoms with Crippen molar-refractivity contribution >= 4 is 6.40 Å². The molecule has 0 spiro atoms. The molecule has 0 unspecified atom stereocenters. The van der Waals surface area contributed by atoms with Gasteiger partial charge in [-0.3, -0.25) is 4.99 Å². The summed E-state index contributed by atoms with van der Waals surface area (Å²) in [6.07, 6.45) is 8.92. The van der Waals surface area contributed by atoms with Gasteiger partial charge in [-0.15, -0.1) is 0 Å². The number of nitrogens with zero attached hydrogens (tertiary/aromatic N) is 1. The zero-order valence-corrected chi connectivity index (χ0v) is 5.66. The van der Waals surface area contributed by atoms with Gasteiger partial charge in [-0.25, -0.2) is 0 Å². The quantitative estimate of drug-likeness (QED) is 0.495. The van der Waals surface area contributed by atoms with E-state index in [2.05, 4.69) is 11.6 Å². The van der Waals surface area contributed by atoms with E-state index in [1.54, 1.807) is 6.08 Å². The van der Waals surface area contributed by atoms with Crippen LogP contribution in [0.15, 0.2) is 41.6 Å². The van der Waals surface area contributed by atoms with Crippen LogP contribution in [0.3, 0.4) is 0 Å². The fraction of sp³-hybridized carbons (Fsp3) is 0.125. The summed E-state index contributed by atoms with van der Waals surface area (Å²) in [7, 11) is 0. The van der Waals surface area contributed by atoms with Crippen LogP contribution in [0.1, 0.15) is 0 Å². The molecule has 52 valence electrons. The molecule has 1 rings (SSSR count). The van der Waals surface area contributed by atoms with Crippen molar-refractivity contribution in [3.05, 3.63) is 36.6 Å². The highest BCUT2D eigenvalue weighted by molar-refractivity contribution is 5.49. The van der Waals surface area contributed by atoms with E-state index in [4.69, 9.17) is 4.74 Å². The molecule has 0 bridgehead atoms. The molecule has 0 N–H and O–H groups in total. The molecular weight excluding hydrogens is 126 g/mol. The lowest BCUT2D eigenvalue weighted by molar-refractivity contribution is 0.456. The van der Waals surface area contributed by atoms with Crippen molar-refractivity contribution < 1.29 is 4.74 Å². The fourth-order valence-corrected chi connectivity index (χ4v) is 0.550. The Kier molecular flexibility index (Phi) is 2.49. The van der Waals surface area contributed by atoms with E-state index in [-0.39, 0.29) is 0 Å². The van der Waals surface area contributed by atoms with E-state index in [1.165, 1.54) is 6.40 Å². The third-order valence-corrected chi connectivity index (χ3v) is 1.02. The molecule has 2 nitrogen and oxygen atoms in total. The van der Waals surface area contributed by atoms with Gasteiger partial charge in [0, 0.05) is 0 Å². The molecule has 0 aromatic carbocycles. The third kappa shape index (κ3) is 2.31. The first-order valence-electron chi connectivity index (χ1n) is 3.06. The van der Waals surface area contributed by atoms with Crippen LogP contribution in [0.25, 0.3) is 0 Å². The van der Waals surface area contributed by atoms with Gasteiger partial charge in [-0.2, -0.15) is 0 Å². The van der Waals surface area contributed by atoms with Crippen LogP contribution < -0.4 is 0 Å². The van der Waals surface area contributed by atoms with Gasteiger partial charge in [0.15, 0.2) is 6.40 Å². The molecule has 0 amide bonds. The summed E-state index contributed by atoms with van der Waals surface area (Å²) in [5, 5.41) is 0. The Bertz CT molecular complexity index is 201. The molecule has 0 aromatic heterocycles. The molecule has 0 saturated carbocycles. The third-order valence-electron chi connectivity index (χ3n) is 1.02. The standard InChI is InChI=1S/C8H9NO/c1-8-5-3-2-4-6-9-7-10-8/h2-5,7H,1,6H2/b4-2-,5-3-,9-7-. The van der Waals surface area contributed by atoms with Crippen LogP contribution in [0.2, 0.25) is 0 Å². The zero-order valence-electron chi connectivity index (χ0n) is 5.66. The Balaban J connectivity index is 2.62. The highest BCUT2D eigenvalue weighted by Gasteiger charge is 1.83. The van der Waals surface area contributed by atoms with Crippen molar-refractivity contribution in [1.29, 1.82) is 0 Å². The SMILES string of the molecule is C=C1/C=C\C=C/C/N=C\O1. The molecule has 0 saturated heterocycles. The second-order valence-corrected chi connectivity index (χ2v) is 1.84. The molecule has 1 heterocycles. The number of allylic oxidation sites excluding steroid dienone is 3. The first-order chi connectivity index (χ1) is 4.89. The summed E-state index contributed by atoms with van der Waals surface area (Å²) in [6, 6.07) is 0. The number of ether oxygens (including phenoxy) is 1. The second kappa shape index (κ2) is 3.67. The lowest BCUT2D eigenvalue weighted by Crippen LogP contribution is -1.83. The lowest BCUT2D eigenvalue weighted by atomic mass is 10.4. The van der Waals surface area contributed by atoms with Crippen molar-refractivity contribution in [2.45, 2.75) is 0 Å². The van der Waals surface area contributed by atoms with Gasteiger partial charge in [-0.1, -0.05) is 24.8 Å². The topological polar surface area (TPSA) is 21.6 Å². The molecule has 1 aliphatic rings. The van der Waals surface area contributed by atoms with Gasteiger partial charge in [0.05, 0.1) is 6.54 Å². The molecule has 10 heavy (non-hydrogen) atoms. The zero-order chi connectivity index (χ0) is 7.23. The molecule has 0 aromatic rings. The van der Waals surface area contributed by atoms with Gasteiger partial charge in [0.25, 0.3) is 0 Å². The van der Waals surface area contributed by atoms with Crippen LogP contribution in [-0.4, -0.2) is 12.9 Å².